The van der Waals surface area contributed by atoms with Crippen LogP contribution in [0.25, 0.3) is 11.1 Å². The maximum absolute atomic E-state index is 13.1. The van der Waals surface area contributed by atoms with Gasteiger partial charge in [-0.25, -0.2) is 0 Å². The zero-order valence-electron chi connectivity index (χ0n) is 15.3. The molecule has 0 fully saturated rings. The third kappa shape index (κ3) is 3.63. The van der Waals surface area contributed by atoms with Crippen LogP contribution < -0.4 is 0 Å². The highest BCUT2D eigenvalue weighted by Crippen LogP contribution is 2.37. The first-order valence-corrected chi connectivity index (χ1v) is 10.0. The second-order valence-electron chi connectivity index (χ2n) is 7.23. The first-order valence-electron chi connectivity index (χ1n) is 9.22. The quantitative estimate of drug-likeness (QED) is 0.476. The number of thiophene rings is 1. The number of halogens is 3. The highest BCUT2D eigenvalue weighted by Gasteiger charge is 2.32. The molecule has 1 nitrogen and oxygen atoms in total. The monoisotopic (exact) mass is 400 g/mol. The highest BCUT2D eigenvalue weighted by atomic mass is 32.1. The summed E-state index contributed by atoms with van der Waals surface area (Å²) in [7, 11) is 0. The number of Topliss-reactive ketones (excluding diaryl/α,β-unsaturated/α-hetero) is 1. The molecule has 1 heterocycles. The van der Waals surface area contributed by atoms with E-state index in [0.29, 0.717) is 17.5 Å². The van der Waals surface area contributed by atoms with Crippen LogP contribution in [0.15, 0.2) is 54.6 Å². The largest absolute Gasteiger partial charge is 0.416 e. The molecule has 1 aliphatic carbocycles. The third-order valence-electron chi connectivity index (χ3n) is 5.30. The Morgan fingerprint density at radius 2 is 1.79 bits per heavy atom. The molecule has 1 unspecified atom stereocenters. The molecule has 0 bridgehead atoms. The Bertz CT molecular complexity index is 1030. The molecule has 0 saturated heterocycles. The van der Waals surface area contributed by atoms with E-state index in [2.05, 4.69) is 12.1 Å². The summed E-state index contributed by atoms with van der Waals surface area (Å²) < 4.78 is 39.3. The predicted octanol–water partition coefficient (Wildman–Crippen LogP) is 6.73. The van der Waals surface area contributed by atoms with Gasteiger partial charge in [-0.2, -0.15) is 13.2 Å². The summed E-state index contributed by atoms with van der Waals surface area (Å²) in [6, 6.07) is 14.9. The van der Waals surface area contributed by atoms with Crippen molar-refractivity contribution in [2.45, 2.75) is 32.4 Å². The van der Waals surface area contributed by atoms with E-state index in [4.69, 9.17) is 0 Å². The molecule has 0 saturated carbocycles. The van der Waals surface area contributed by atoms with Crippen LogP contribution in [0.3, 0.4) is 0 Å². The van der Waals surface area contributed by atoms with Crippen LogP contribution in [0.4, 0.5) is 13.2 Å². The lowest BCUT2D eigenvalue weighted by atomic mass is 9.78. The number of hydrogen-bond acceptors (Lipinski definition) is 2. The van der Waals surface area contributed by atoms with E-state index in [0.717, 1.165) is 30.0 Å². The van der Waals surface area contributed by atoms with Crippen molar-refractivity contribution in [2.24, 2.45) is 5.92 Å². The summed E-state index contributed by atoms with van der Waals surface area (Å²) >= 11 is 1.71. The minimum atomic E-state index is -4.38. The van der Waals surface area contributed by atoms with E-state index < -0.39 is 11.7 Å². The Morgan fingerprint density at radius 3 is 2.50 bits per heavy atom. The molecule has 4 rings (SSSR count). The van der Waals surface area contributed by atoms with Crippen molar-refractivity contribution in [3.05, 3.63) is 81.0 Å². The SMILES string of the molecule is Cc1ccc(CC2CCc3c(cccc3-c3cccc(C(F)(F)F)c3)C2=O)s1. The van der Waals surface area contributed by atoms with Gasteiger partial charge in [0.05, 0.1) is 5.56 Å². The van der Waals surface area contributed by atoms with Crippen LogP contribution in [0.5, 0.6) is 0 Å². The number of rotatable bonds is 3. The van der Waals surface area contributed by atoms with Crippen molar-refractivity contribution < 1.29 is 18.0 Å². The van der Waals surface area contributed by atoms with Gasteiger partial charge < -0.3 is 0 Å². The van der Waals surface area contributed by atoms with Gasteiger partial charge in [0.2, 0.25) is 0 Å². The molecule has 0 N–H and O–H groups in total. The van der Waals surface area contributed by atoms with Gasteiger partial charge in [-0.1, -0.05) is 30.3 Å². The van der Waals surface area contributed by atoms with E-state index in [1.807, 2.05) is 13.0 Å². The molecular weight excluding hydrogens is 381 g/mol. The second-order valence-corrected chi connectivity index (χ2v) is 8.60. The van der Waals surface area contributed by atoms with Gasteiger partial charge in [0, 0.05) is 21.2 Å². The molecular formula is C23H19F3OS. The molecule has 5 heteroatoms. The fraction of sp³-hybridized carbons (Fsp3) is 0.261. The van der Waals surface area contributed by atoms with Crippen molar-refractivity contribution in [1.29, 1.82) is 0 Å². The normalized spacial score (nSPS) is 16.9. The summed E-state index contributed by atoms with van der Waals surface area (Å²) in [6.07, 6.45) is -2.24. The van der Waals surface area contributed by atoms with Gasteiger partial charge in [-0.05, 0) is 67.1 Å². The molecule has 0 radical (unpaired) electrons. The van der Waals surface area contributed by atoms with Crippen LogP contribution in [0.2, 0.25) is 0 Å². The van der Waals surface area contributed by atoms with Crippen LogP contribution in [0, 0.1) is 12.8 Å². The average molecular weight is 400 g/mol. The number of benzene rings is 2. The standard InChI is InChI=1S/C23H19F3OS/c1-14-8-10-18(28-14)13-16-9-11-20-19(6-3-7-21(20)22(16)27)15-4-2-5-17(12-15)23(24,25)26/h2-8,10,12,16H,9,11,13H2,1H3. The van der Waals surface area contributed by atoms with Gasteiger partial charge in [-0.15, -0.1) is 11.3 Å². The zero-order chi connectivity index (χ0) is 19.9. The number of fused-ring (bicyclic) bond motifs is 1. The number of carbonyl (C=O) groups is 1. The average Bonchev–Trinajstić information content (AvgIpc) is 3.08. The Kier molecular flexibility index (Phi) is 4.88. The minimum absolute atomic E-state index is 0.0673. The highest BCUT2D eigenvalue weighted by molar-refractivity contribution is 7.11. The van der Waals surface area contributed by atoms with Crippen molar-refractivity contribution in [2.75, 3.05) is 0 Å². The van der Waals surface area contributed by atoms with Crippen LogP contribution >= 0.6 is 11.3 Å². The van der Waals surface area contributed by atoms with Gasteiger partial charge >= 0.3 is 6.18 Å². The maximum Gasteiger partial charge on any atom is 0.416 e. The molecule has 0 amide bonds. The lowest BCUT2D eigenvalue weighted by Gasteiger charge is -2.25. The number of carbonyl (C=O) groups excluding carboxylic acids is 1. The number of aryl methyl sites for hydroxylation is 1. The molecule has 28 heavy (non-hydrogen) atoms. The Labute approximate surface area is 165 Å². The molecule has 1 atom stereocenters. The van der Waals surface area contributed by atoms with Gasteiger partial charge in [0.25, 0.3) is 0 Å². The van der Waals surface area contributed by atoms with Crippen LogP contribution in [-0.2, 0) is 19.0 Å². The topological polar surface area (TPSA) is 17.1 Å². The predicted molar refractivity (Wildman–Crippen MR) is 106 cm³/mol. The van der Waals surface area contributed by atoms with E-state index in [9.17, 15) is 18.0 Å². The molecule has 0 spiro atoms. The number of ketones is 1. The van der Waals surface area contributed by atoms with Gasteiger partial charge in [0.15, 0.2) is 5.78 Å². The number of alkyl halides is 3. The fourth-order valence-corrected chi connectivity index (χ4v) is 4.89. The van der Waals surface area contributed by atoms with Crippen LogP contribution in [-0.4, -0.2) is 5.78 Å². The molecule has 0 aliphatic heterocycles. The van der Waals surface area contributed by atoms with Crippen molar-refractivity contribution in [3.8, 4) is 11.1 Å². The molecule has 144 valence electrons. The van der Waals surface area contributed by atoms with Crippen molar-refractivity contribution >= 4 is 17.1 Å². The number of hydrogen-bond donors (Lipinski definition) is 0. The summed E-state index contributed by atoms with van der Waals surface area (Å²) in [5.74, 6) is 0.0310. The lowest BCUT2D eigenvalue weighted by Crippen LogP contribution is -2.24. The van der Waals surface area contributed by atoms with E-state index in [1.165, 1.54) is 21.9 Å². The Hall–Kier alpha value is -2.40. The lowest BCUT2D eigenvalue weighted by molar-refractivity contribution is -0.137. The first-order chi connectivity index (χ1) is 13.3. The Morgan fingerprint density at radius 1 is 1.04 bits per heavy atom. The maximum atomic E-state index is 13.1. The van der Waals surface area contributed by atoms with Gasteiger partial charge in [-0.3, -0.25) is 4.79 Å². The molecule has 3 aromatic rings. The van der Waals surface area contributed by atoms with Crippen LogP contribution in [0.1, 0.15) is 37.7 Å². The second kappa shape index (κ2) is 7.21. The zero-order valence-corrected chi connectivity index (χ0v) is 16.2. The third-order valence-corrected chi connectivity index (χ3v) is 6.32. The van der Waals surface area contributed by atoms with Crippen molar-refractivity contribution in [3.63, 3.8) is 0 Å². The van der Waals surface area contributed by atoms with E-state index in [1.54, 1.807) is 29.5 Å². The smallest absolute Gasteiger partial charge is 0.294 e. The first kappa shape index (κ1) is 18.9. The summed E-state index contributed by atoms with van der Waals surface area (Å²) in [5, 5.41) is 0. The van der Waals surface area contributed by atoms with Crippen molar-refractivity contribution in [1.82, 2.24) is 0 Å². The Balaban J connectivity index is 1.67. The summed E-state index contributed by atoms with van der Waals surface area (Å²) in [6.45, 7) is 2.05. The van der Waals surface area contributed by atoms with E-state index in [-0.39, 0.29) is 11.7 Å². The summed E-state index contributed by atoms with van der Waals surface area (Å²) in [4.78, 5) is 15.5. The fourth-order valence-electron chi connectivity index (χ4n) is 3.92. The molecule has 1 aromatic heterocycles. The summed E-state index contributed by atoms with van der Waals surface area (Å²) in [5.41, 5.74) is 2.08. The molecule has 2 aromatic carbocycles. The van der Waals surface area contributed by atoms with Gasteiger partial charge in [0.1, 0.15) is 0 Å². The molecule has 1 aliphatic rings. The van der Waals surface area contributed by atoms with E-state index >= 15 is 0 Å². The minimum Gasteiger partial charge on any atom is -0.294 e.